The van der Waals surface area contributed by atoms with Gasteiger partial charge < -0.3 is 19.7 Å². The van der Waals surface area contributed by atoms with Crippen LogP contribution in [-0.2, 0) is 17.8 Å². The predicted molar refractivity (Wildman–Crippen MR) is 117 cm³/mol. The summed E-state index contributed by atoms with van der Waals surface area (Å²) in [6.45, 7) is 3.83. The maximum absolute atomic E-state index is 13.4. The van der Waals surface area contributed by atoms with E-state index in [1.807, 2.05) is 12.1 Å². The summed E-state index contributed by atoms with van der Waals surface area (Å²) in [4.78, 5) is 14.0. The van der Waals surface area contributed by atoms with E-state index in [4.69, 9.17) is 9.47 Å². The van der Waals surface area contributed by atoms with Gasteiger partial charge in [0.2, 0.25) is 5.91 Å². The molecule has 3 atom stereocenters. The highest BCUT2D eigenvalue weighted by molar-refractivity contribution is 5.81. The fraction of sp³-hybridized carbons (Fsp3) is 0.480. The molecular weight excluding hydrogens is 395 g/mol. The molecule has 6 heteroatoms. The normalized spacial score (nSPS) is 21.2. The molecule has 1 heterocycles. The van der Waals surface area contributed by atoms with Crippen LogP contribution in [0.25, 0.3) is 0 Å². The third kappa shape index (κ3) is 4.69. The second kappa shape index (κ2) is 9.27. The average molecular weight is 428 g/mol. The molecule has 166 valence electrons. The molecule has 5 nitrogen and oxygen atoms in total. The lowest BCUT2D eigenvalue weighted by molar-refractivity contribution is -0.948. The van der Waals surface area contributed by atoms with Crippen molar-refractivity contribution in [3.05, 3.63) is 58.9 Å². The van der Waals surface area contributed by atoms with E-state index in [2.05, 4.69) is 24.4 Å². The van der Waals surface area contributed by atoms with E-state index in [0.29, 0.717) is 5.75 Å². The molecule has 2 aromatic carbocycles. The van der Waals surface area contributed by atoms with Crippen molar-refractivity contribution in [1.29, 1.82) is 0 Å². The van der Waals surface area contributed by atoms with Crippen molar-refractivity contribution in [3.8, 4) is 11.5 Å². The monoisotopic (exact) mass is 427 g/mol. The summed E-state index contributed by atoms with van der Waals surface area (Å²) >= 11 is 0. The summed E-state index contributed by atoms with van der Waals surface area (Å²) in [6, 6.07) is 11.0. The highest BCUT2D eigenvalue weighted by atomic mass is 19.1. The number of rotatable bonds is 8. The summed E-state index contributed by atoms with van der Waals surface area (Å²) in [5, 5.41) is 3.34. The third-order valence-electron chi connectivity index (χ3n) is 6.60. The van der Waals surface area contributed by atoms with Crippen LogP contribution in [0.15, 0.2) is 36.4 Å². The molecule has 2 N–H and O–H groups in total. The van der Waals surface area contributed by atoms with Gasteiger partial charge in [-0.2, -0.15) is 0 Å². The zero-order chi connectivity index (χ0) is 22.0. The number of hydrogen-bond donors (Lipinski definition) is 2. The first-order valence-electron chi connectivity index (χ1n) is 11.2. The van der Waals surface area contributed by atoms with Gasteiger partial charge in [-0.3, -0.25) is 4.79 Å². The van der Waals surface area contributed by atoms with Crippen molar-refractivity contribution < 1.29 is 23.6 Å². The van der Waals surface area contributed by atoms with E-state index in [9.17, 15) is 9.18 Å². The molecule has 4 rings (SSSR count). The van der Waals surface area contributed by atoms with Gasteiger partial charge in [0, 0.05) is 23.5 Å². The van der Waals surface area contributed by atoms with Crippen LogP contribution in [0, 0.1) is 11.7 Å². The fourth-order valence-electron chi connectivity index (χ4n) is 4.74. The molecule has 0 bridgehead atoms. The number of nitrogens with one attached hydrogen (secondary N) is 2. The van der Waals surface area contributed by atoms with Gasteiger partial charge in [0.15, 0.2) is 11.5 Å². The van der Waals surface area contributed by atoms with Crippen LogP contribution in [0.5, 0.6) is 11.5 Å². The second-order valence-corrected chi connectivity index (χ2v) is 8.64. The number of hydrogen-bond acceptors (Lipinski definition) is 3. The van der Waals surface area contributed by atoms with Gasteiger partial charge in [0.05, 0.1) is 26.8 Å². The zero-order valence-corrected chi connectivity index (χ0v) is 18.5. The standard InChI is InChI=1S/C25H31FN2O3/c1-4-21(27-25(29)17-7-8-17)24-20-14-23(31-3)22(30-2)13-18(20)11-12-28(24)15-16-5-9-19(26)10-6-16/h5-6,9-10,13-14,17,21,24H,4,7-8,11-12,15H2,1-3H3,(H,27,29)/p+1/t21-,24+/m0/s1. The molecule has 0 radical (unpaired) electrons. The number of benzene rings is 2. The molecule has 1 fully saturated rings. The van der Waals surface area contributed by atoms with Crippen LogP contribution >= 0.6 is 0 Å². The molecule has 0 aromatic heterocycles. The van der Waals surface area contributed by atoms with E-state index >= 15 is 0 Å². The van der Waals surface area contributed by atoms with Crippen LogP contribution in [-0.4, -0.2) is 32.7 Å². The minimum Gasteiger partial charge on any atom is -0.493 e. The Balaban J connectivity index is 1.70. The SMILES string of the molecule is CC[C@H](NC(=O)C1CC1)[C@H]1c2cc(OC)c(OC)cc2CC[NH+]1Cc1ccc(F)cc1. The molecule has 0 spiro atoms. The van der Waals surface area contributed by atoms with Gasteiger partial charge in [-0.1, -0.05) is 19.1 Å². The molecule has 2 aromatic rings. The van der Waals surface area contributed by atoms with Crippen molar-refractivity contribution in [2.45, 2.75) is 51.2 Å². The van der Waals surface area contributed by atoms with Crippen molar-refractivity contribution in [2.24, 2.45) is 5.92 Å². The lowest BCUT2D eigenvalue weighted by Gasteiger charge is -2.39. The Labute approximate surface area is 183 Å². The predicted octanol–water partition coefficient (Wildman–Crippen LogP) is 2.83. The molecule has 1 aliphatic carbocycles. The summed E-state index contributed by atoms with van der Waals surface area (Å²) in [7, 11) is 3.30. The Kier molecular flexibility index (Phi) is 6.46. The summed E-state index contributed by atoms with van der Waals surface area (Å²) in [6.07, 6.45) is 3.72. The molecule has 0 saturated heterocycles. The number of ether oxygens (including phenoxy) is 2. The third-order valence-corrected chi connectivity index (χ3v) is 6.60. The van der Waals surface area contributed by atoms with E-state index in [1.165, 1.54) is 28.2 Å². The lowest BCUT2D eigenvalue weighted by atomic mass is 9.86. The number of fused-ring (bicyclic) bond motifs is 1. The zero-order valence-electron chi connectivity index (χ0n) is 18.5. The van der Waals surface area contributed by atoms with Gasteiger partial charge >= 0.3 is 0 Å². The maximum Gasteiger partial charge on any atom is 0.223 e. The molecule has 2 aliphatic rings. The Morgan fingerprint density at radius 1 is 1.16 bits per heavy atom. The summed E-state index contributed by atoms with van der Waals surface area (Å²) in [5.41, 5.74) is 3.53. The maximum atomic E-state index is 13.4. The minimum atomic E-state index is -0.223. The second-order valence-electron chi connectivity index (χ2n) is 8.64. The van der Waals surface area contributed by atoms with Crippen LogP contribution in [0.3, 0.4) is 0 Å². The highest BCUT2D eigenvalue weighted by Crippen LogP contribution is 2.36. The quantitative estimate of drug-likeness (QED) is 0.681. The highest BCUT2D eigenvalue weighted by Gasteiger charge is 2.40. The number of methoxy groups -OCH3 is 2. The Morgan fingerprint density at radius 2 is 1.84 bits per heavy atom. The molecule has 1 aliphatic heterocycles. The first-order chi connectivity index (χ1) is 15.0. The van der Waals surface area contributed by atoms with Gasteiger partial charge in [0.1, 0.15) is 18.4 Å². The molecule has 1 unspecified atom stereocenters. The Hall–Kier alpha value is -2.60. The van der Waals surface area contributed by atoms with Crippen molar-refractivity contribution in [1.82, 2.24) is 5.32 Å². The van der Waals surface area contributed by atoms with Crippen LogP contribution < -0.4 is 19.7 Å². The van der Waals surface area contributed by atoms with E-state index < -0.39 is 0 Å². The first kappa shape index (κ1) is 21.6. The van der Waals surface area contributed by atoms with Gasteiger partial charge in [-0.15, -0.1) is 0 Å². The minimum absolute atomic E-state index is 0.0145. The van der Waals surface area contributed by atoms with Crippen molar-refractivity contribution in [3.63, 3.8) is 0 Å². The van der Waals surface area contributed by atoms with E-state index in [0.717, 1.165) is 50.1 Å². The van der Waals surface area contributed by atoms with Crippen LogP contribution in [0.2, 0.25) is 0 Å². The van der Waals surface area contributed by atoms with E-state index in [1.54, 1.807) is 14.2 Å². The Morgan fingerprint density at radius 3 is 2.45 bits per heavy atom. The molecule has 31 heavy (non-hydrogen) atoms. The molecular formula is C25H32FN2O3+. The summed E-state index contributed by atoms with van der Waals surface area (Å²) in [5.74, 6) is 1.55. The van der Waals surface area contributed by atoms with Crippen molar-refractivity contribution in [2.75, 3.05) is 20.8 Å². The smallest absolute Gasteiger partial charge is 0.223 e. The van der Waals surface area contributed by atoms with Gasteiger partial charge in [0.25, 0.3) is 0 Å². The number of amides is 1. The average Bonchev–Trinajstić information content (AvgIpc) is 3.63. The Bertz CT molecular complexity index is 927. The number of quaternary nitrogens is 1. The van der Waals surface area contributed by atoms with E-state index in [-0.39, 0.29) is 29.7 Å². The molecule has 1 amide bonds. The summed E-state index contributed by atoms with van der Waals surface area (Å²) < 4.78 is 24.5. The van der Waals surface area contributed by atoms with Gasteiger partial charge in [-0.05, 0) is 49.1 Å². The first-order valence-corrected chi connectivity index (χ1v) is 11.2. The van der Waals surface area contributed by atoms with Crippen molar-refractivity contribution >= 4 is 5.91 Å². The van der Waals surface area contributed by atoms with Gasteiger partial charge in [-0.25, -0.2) is 4.39 Å². The number of halogens is 1. The molecule has 1 saturated carbocycles. The fourth-order valence-corrected chi connectivity index (χ4v) is 4.74. The largest absolute Gasteiger partial charge is 0.493 e. The van der Waals surface area contributed by atoms with Crippen LogP contribution in [0.4, 0.5) is 4.39 Å². The lowest BCUT2D eigenvalue weighted by Crippen LogP contribution is -3.13. The topological polar surface area (TPSA) is 52.0 Å². The van der Waals surface area contributed by atoms with Crippen LogP contribution in [0.1, 0.15) is 48.9 Å². The number of carbonyl (C=O) groups is 1. The number of carbonyl (C=O) groups excluding carboxylic acids is 1.